The summed E-state index contributed by atoms with van der Waals surface area (Å²) in [5.41, 5.74) is 2.40. The van der Waals surface area contributed by atoms with Crippen molar-refractivity contribution in [1.82, 2.24) is 19.7 Å². The van der Waals surface area contributed by atoms with Crippen LogP contribution in [0.15, 0.2) is 73.9 Å². The van der Waals surface area contributed by atoms with Gasteiger partial charge in [-0.15, -0.1) is 21.5 Å². The monoisotopic (exact) mass is 498 g/mol. The molecule has 0 amide bonds. The van der Waals surface area contributed by atoms with Gasteiger partial charge in [-0.1, -0.05) is 39.7 Å². The molecule has 0 N–H and O–H groups in total. The van der Waals surface area contributed by atoms with Crippen LogP contribution in [-0.4, -0.2) is 19.7 Å². The molecule has 0 radical (unpaired) electrons. The van der Waals surface area contributed by atoms with E-state index < -0.39 is 0 Å². The summed E-state index contributed by atoms with van der Waals surface area (Å²) in [5.74, 6) is 0.733. The maximum Gasteiger partial charge on any atom is 0.263 e. The first kappa shape index (κ1) is 19.2. The summed E-state index contributed by atoms with van der Waals surface area (Å²) in [6.07, 6.45) is 1.51. The molecule has 30 heavy (non-hydrogen) atoms. The number of hydrogen-bond acceptors (Lipinski definition) is 6. The Morgan fingerprint density at radius 3 is 2.53 bits per heavy atom. The van der Waals surface area contributed by atoms with Crippen LogP contribution in [0.3, 0.4) is 0 Å². The molecule has 148 valence electrons. The van der Waals surface area contributed by atoms with Crippen molar-refractivity contribution in [1.29, 1.82) is 0 Å². The highest BCUT2D eigenvalue weighted by atomic mass is 79.9. The van der Waals surface area contributed by atoms with Crippen molar-refractivity contribution < 1.29 is 4.42 Å². The van der Waals surface area contributed by atoms with Crippen LogP contribution in [-0.2, 0) is 6.54 Å². The Balaban J connectivity index is 1.50. The van der Waals surface area contributed by atoms with Crippen LogP contribution in [0.25, 0.3) is 32.8 Å². The van der Waals surface area contributed by atoms with E-state index in [1.807, 2.05) is 41.8 Å². The van der Waals surface area contributed by atoms with Crippen LogP contribution in [0.2, 0.25) is 5.02 Å². The van der Waals surface area contributed by atoms with E-state index in [-0.39, 0.29) is 12.1 Å². The molecule has 0 spiro atoms. The molecule has 0 bridgehead atoms. The Bertz CT molecular complexity index is 1410. The van der Waals surface area contributed by atoms with Gasteiger partial charge in [0.15, 0.2) is 0 Å². The second-order valence-electron chi connectivity index (χ2n) is 6.52. The van der Waals surface area contributed by atoms with E-state index in [9.17, 15) is 4.79 Å². The van der Waals surface area contributed by atoms with Gasteiger partial charge in [0.2, 0.25) is 11.8 Å². The molecule has 0 unspecified atom stereocenters. The second-order valence-corrected chi connectivity index (χ2v) is 8.73. The third-order valence-corrected chi connectivity index (χ3v) is 6.25. The van der Waals surface area contributed by atoms with E-state index >= 15 is 0 Å². The van der Waals surface area contributed by atoms with E-state index in [0.29, 0.717) is 27.0 Å². The molecule has 3 heterocycles. The molecular weight excluding hydrogens is 488 g/mol. The first-order valence-corrected chi connectivity index (χ1v) is 10.9. The number of halogens is 2. The summed E-state index contributed by atoms with van der Waals surface area (Å²) in [6, 6.07) is 14.9. The van der Waals surface area contributed by atoms with Gasteiger partial charge in [-0.2, -0.15) is 0 Å². The summed E-state index contributed by atoms with van der Waals surface area (Å²) in [7, 11) is 0. The maximum absolute atomic E-state index is 13.2. The fraction of sp³-hybridized carbons (Fsp3) is 0.0476. The quantitative estimate of drug-likeness (QED) is 0.320. The number of benzene rings is 2. The van der Waals surface area contributed by atoms with Crippen molar-refractivity contribution in [2.24, 2.45) is 0 Å². The standard InChI is InChI=1S/C21H12BrClN4O2S/c22-14-5-1-13(2-6-14)19-26-25-17(29-19)9-27-11-24-20-18(21(27)28)16(10-30-20)12-3-7-15(23)8-4-12/h1-8,10-11H,9H2. The molecule has 0 fully saturated rings. The molecule has 0 aliphatic carbocycles. The van der Waals surface area contributed by atoms with Gasteiger partial charge in [0.05, 0.1) is 11.7 Å². The first-order chi connectivity index (χ1) is 14.6. The Hall–Kier alpha value is -2.81. The highest BCUT2D eigenvalue weighted by Crippen LogP contribution is 2.31. The molecule has 5 aromatic rings. The van der Waals surface area contributed by atoms with Gasteiger partial charge in [0.1, 0.15) is 11.4 Å². The molecule has 0 atom stereocenters. The van der Waals surface area contributed by atoms with E-state index in [4.69, 9.17) is 16.0 Å². The predicted molar refractivity (Wildman–Crippen MR) is 121 cm³/mol. The fourth-order valence-electron chi connectivity index (χ4n) is 3.09. The van der Waals surface area contributed by atoms with Crippen LogP contribution >= 0.6 is 38.9 Å². The van der Waals surface area contributed by atoms with E-state index in [1.54, 1.807) is 12.1 Å². The minimum absolute atomic E-state index is 0.140. The highest BCUT2D eigenvalue weighted by molar-refractivity contribution is 9.10. The van der Waals surface area contributed by atoms with Gasteiger partial charge in [-0.25, -0.2) is 4.98 Å². The van der Waals surface area contributed by atoms with Crippen LogP contribution < -0.4 is 5.56 Å². The maximum atomic E-state index is 13.2. The van der Waals surface area contributed by atoms with Gasteiger partial charge >= 0.3 is 0 Å². The lowest BCUT2D eigenvalue weighted by molar-refractivity contribution is 0.483. The molecule has 0 saturated carbocycles. The minimum Gasteiger partial charge on any atom is -0.419 e. The molecule has 5 rings (SSSR count). The SMILES string of the molecule is O=c1c2c(-c3ccc(Cl)cc3)csc2ncn1Cc1nnc(-c2ccc(Br)cc2)o1. The van der Waals surface area contributed by atoms with Gasteiger partial charge in [-0.05, 0) is 42.0 Å². The summed E-state index contributed by atoms with van der Waals surface area (Å²) in [5, 5.41) is 11.3. The molecule has 2 aromatic carbocycles. The number of rotatable bonds is 4. The highest BCUT2D eigenvalue weighted by Gasteiger charge is 2.15. The summed E-state index contributed by atoms with van der Waals surface area (Å²) < 4.78 is 8.19. The molecule has 0 aliphatic heterocycles. The van der Waals surface area contributed by atoms with Crippen molar-refractivity contribution in [3.63, 3.8) is 0 Å². The van der Waals surface area contributed by atoms with E-state index in [1.165, 1.54) is 22.2 Å². The van der Waals surface area contributed by atoms with Crippen molar-refractivity contribution >= 4 is 49.1 Å². The smallest absolute Gasteiger partial charge is 0.263 e. The Morgan fingerprint density at radius 1 is 1.03 bits per heavy atom. The van der Waals surface area contributed by atoms with Crippen LogP contribution in [0.5, 0.6) is 0 Å². The molecule has 0 saturated heterocycles. The number of fused-ring (bicyclic) bond motifs is 1. The normalized spacial score (nSPS) is 11.3. The van der Waals surface area contributed by atoms with Crippen LogP contribution in [0.1, 0.15) is 5.89 Å². The summed E-state index contributed by atoms with van der Waals surface area (Å²) >= 11 is 10.8. The molecule has 9 heteroatoms. The lowest BCUT2D eigenvalue weighted by Crippen LogP contribution is -2.21. The fourth-order valence-corrected chi connectivity index (χ4v) is 4.39. The third-order valence-electron chi connectivity index (χ3n) is 4.58. The second kappa shape index (κ2) is 7.79. The first-order valence-electron chi connectivity index (χ1n) is 8.89. The largest absolute Gasteiger partial charge is 0.419 e. The van der Waals surface area contributed by atoms with Crippen molar-refractivity contribution in [2.75, 3.05) is 0 Å². The predicted octanol–water partition coefficient (Wildman–Crippen LogP) is 5.64. The Kier molecular flexibility index (Phi) is 4.98. The van der Waals surface area contributed by atoms with Crippen molar-refractivity contribution in [2.45, 2.75) is 6.54 Å². The average Bonchev–Trinajstić information content (AvgIpc) is 3.39. The van der Waals surface area contributed by atoms with Crippen LogP contribution in [0, 0.1) is 0 Å². The minimum atomic E-state index is -0.158. The van der Waals surface area contributed by atoms with Gasteiger partial charge in [0.25, 0.3) is 5.56 Å². The van der Waals surface area contributed by atoms with Crippen molar-refractivity contribution in [3.05, 3.63) is 86.0 Å². The third kappa shape index (κ3) is 3.58. The topological polar surface area (TPSA) is 73.8 Å². The zero-order valence-electron chi connectivity index (χ0n) is 15.3. The van der Waals surface area contributed by atoms with Crippen LogP contribution in [0.4, 0.5) is 0 Å². The van der Waals surface area contributed by atoms with Gasteiger partial charge < -0.3 is 4.42 Å². The molecule has 3 aromatic heterocycles. The number of aromatic nitrogens is 4. The lowest BCUT2D eigenvalue weighted by Gasteiger charge is -2.04. The van der Waals surface area contributed by atoms with Crippen molar-refractivity contribution in [3.8, 4) is 22.6 Å². The number of nitrogens with zero attached hydrogens (tertiary/aromatic N) is 4. The van der Waals surface area contributed by atoms with Gasteiger partial charge in [0, 0.05) is 26.0 Å². The zero-order chi connectivity index (χ0) is 20.7. The Labute approximate surface area is 187 Å². The summed E-state index contributed by atoms with van der Waals surface area (Å²) in [4.78, 5) is 18.3. The number of hydrogen-bond donors (Lipinski definition) is 0. The average molecular weight is 500 g/mol. The van der Waals surface area contributed by atoms with E-state index in [2.05, 4.69) is 31.1 Å². The zero-order valence-corrected chi connectivity index (χ0v) is 18.4. The van der Waals surface area contributed by atoms with Gasteiger partial charge in [-0.3, -0.25) is 9.36 Å². The molecule has 0 aliphatic rings. The number of thiophene rings is 1. The van der Waals surface area contributed by atoms with E-state index in [0.717, 1.165) is 21.2 Å². The molecular formula is C21H12BrClN4O2S. The summed E-state index contributed by atoms with van der Waals surface area (Å²) in [6.45, 7) is 0.140. The Morgan fingerprint density at radius 2 is 1.77 bits per heavy atom. The molecule has 6 nitrogen and oxygen atoms in total. The lowest BCUT2D eigenvalue weighted by atomic mass is 10.1.